The van der Waals surface area contributed by atoms with E-state index in [1.165, 1.54) is 0 Å². The highest BCUT2D eigenvalue weighted by molar-refractivity contribution is 7.81. The monoisotopic (exact) mass is 224 g/mol. The lowest BCUT2D eigenvalue weighted by atomic mass is 9.93. The van der Waals surface area contributed by atoms with Crippen LogP contribution in [0.5, 0.6) is 0 Å². The summed E-state index contributed by atoms with van der Waals surface area (Å²) in [5.41, 5.74) is 0. The molecule has 5 atom stereocenters. The molecule has 5 nitrogen and oxygen atoms in total. The minimum atomic E-state index is -1.35. The fourth-order valence-electron chi connectivity index (χ4n) is 1.51. The van der Waals surface area contributed by atoms with Crippen LogP contribution >= 0.6 is 12.6 Å². The predicted molar refractivity (Wildman–Crippen MR) is 52.0 cm³/mol. The molecule has 1 aliphatic rings. The van der Waals surface area contributed by atoms with Crippen LogP contribution in [0.2, 0.25) is 0 Å². The molecule has 14 heavy (non-hydrogen) atoms. The second kappa shape index (κ2) is 4.34. The highest BCUT2D eigenvalue weighted by Gasteiger charge is 2.50. The molecule has 1 fully saturated rings. The van der Waals surface area contributed by atoms with E-state index in [0.29, 0.717) is 6.42 Å². The van der Waals surface area contributed by atoms with Crippen molar-refractivity contribution in [3.8, 4) is 0 Å². The summed E-state index contributed by atoms with van der Waals surface area (Å²) < 4.78 is 5.22. The normalized spacial score (nSPS) is 49.3. The van der Waals surface area contributed by atoms with Gasteiger partial charge in [-0.25, -0.2) is 0 Å². The maximum absolute atomic E-state index is 9.59. The van der Waals surface area contributed by atoms with E-state index >= 15 is 0 Å². The summed E-state index contributed by atoms with van der Waals surface area (Å²) in [5.74, 6) is 0. The van der Waals surface area contributed by atoms with Crippen molar-refractivity contribution >= 4 is 12.6 Å². The first-order valence-corrected chi connectivity index (χ1v) is 4.96. The Labute approximate surface area is 87.7 Å². The van der Waals surface area contributed by atoms with Crippen LogP contribution in [0.4, 0.5) is 0 Å². The van der Waals surface area contributed by atoms with Gasteiger partial charge < -0.3 is 25.2 Å². The van der Waals surface area contributed by atoms with Crippen LogP contribution in [-0.2, 0) is 4.74 Å². The largest absolute Gasteiger partial charge is 0.394 e. The first kappa shape index (κ1) is 12.2. The molecule has 0 aliphatic carbocycles. The number of aliphatic hydroxyl groups excluding tert-OH is 4. The molecular formula is C8H16O5S. The summed E-state index contributed by atoms with van der Waals surface area (Å²) >= 11 is 4.10. The summed E-state index contributed by atoms with van der Waals surface area (Å²) in [6.07, 6.45) is -4.46. The van der Waals surface area contributed by atoms with E-state index in [-0.39, 0.29) is 0 Å². The van der Waals surface area contributed by atoms with Crippen molar-refractivity contribution in [1.82, 2.24) is 0 Å². The van der Waals surface area contributed by atoms with Gasteiger partial charge in [0.1, 0.15) is 29.3 Å². The maximum Gasteiger partial charge on any atom is 0.139 e. The average Bonchev–Trinajstić information content (AvgIpc) is 2.20. The zero-order chi connectivity index (χ0) is 10.9. The lowest BCUT2D eigenvalue weighted by molar-refractivity contribution is -0.241. The van der Waals surface area contributed by atoms with E-state index in [2.05, 4.69) is 12.6 Å². The number of thiol groups is 1. The van der Waals surface area contributed by atoms with Gasteiger partial charge >= 0.3 is 0 Å². The van der Waals surface area contributed by atoms with Gasteiger partial charge in [0, 0.05) is 0 Å². The van der Waals surface area contributed by atoms with E-state index in [4.69, 9.17) is 9.84 Å². The summed E-state index contributed by atoms with van der Waals surface area (Å²) in [7, 11) is 0. The van der Waals surface area contributed by atoms with Crippen molar-refractivity contribution in [3.63, 3.8) is 0 Å². The second-order valence-corrected chi connectivity index (χ2v) is 4.22. The SMILES string of the molecule is CC[C@@]1(S)O[C@H](CO)[C@@H](O)[C@H](O)[C@H]1O. The predicted octanol–water partition coefficient (Wildman–Crippen LogP) is -1.50. The van der Waals surface area contributed by atoms with Crippen molar-refractivity contribution in [2.24, 2.45) is 0 Å². The molecule has 0 aromatic rings. The van der Waals surface area contributed by atoms with Gasteiger partial charge in [0.05, 0.1) is 6.61 Å². The molecule has 0 aromatic heterocycles. The van der Waals surface area contributed by atoms with Gasteiger partial charge in [-0.2, -0.15) is 0 Å². The summed E-state index contributed by atoms with van der Waals surface area (Å²) in [6.45, 7) is 1.31. The quantitative estimate of drug-likeness (QED) is 0.368. The van der Waals surface area contributed by atoms with Gasteiger partial charge in [0.15, 0.2) is 0 Å². The first-order chi connectivity index (χ1) is 6.46. The Bertz CT molecular complexity index is 200. The Kier molecular flexibility index (Phi) is 3.79. The fourth-order valence-corrected chi connectivity index (χ4v) is 1.80. The molecule has 0 aromatic carbocycles. The van der Waals surface area contributed by atoms with E-state index in [1.807, 2.05) is 0 Å². The Morgan fingerprint density at radius 1 is 1.29 bits per heavy atom. The topological polar surface area (TPSA) is 90.2 Å². The van der Waals surface area contributed by atoms with Crippen LogP contribution in [0, 0.1) is 0 Å². The van der Waals surface area contributed by atoms with Crippen molar-refractivity contribution in [2.75, 3.05) is 6.61 Å². The molecule has 1 saturated heterocycles. The summed E-state index contributed by atoms with van der Waals surface area (Å²) in [5, 5.41) is 37.4. The van der Waals surface area contributed by atoms with E-state index in [1.54, 1.807) is 6.92 Å². The molecule has 1 heterocycles. The van der Waals surface area contributed by atoms with Gasteiger partial charge in [0.25, 0.3) is 0 Å². The lowest BCUT2D eigenvalue weighted by Crippen LogP contribution is -2.62. The second-order valence-electron chi connectivity index (χ2n) is 3.46. The molecule has 4 N–H and O–H groups in total. The lowest BCUT2D eigenvalue weighted by Gasteiger charge is -2.45. The number of hydrogen-bond acceptors (Lipinski definition) is 6. The zero-order valence-corrected chi connectivity index (χ0v) is 8.76. The van der Waals surface area contributed by atoms with Crippen LogP contribution in [0.3, 0.4) is 0 Å². The third-order valence-electron chi connectivity index (χ3n) is 2.56. The highest BCUT2D eigenvalue weighted by Crippen LogP contribution is 2.35. The Morgan fingerprint density at radius 3 is 2.29 bits per heavy atom. The summed E-state index contributed by atoms with van der Waals surface area (Å²) in [6, 6.07) is 0. The zero-order valence-electron chi connectivity index (χ0n) is 7.87. The molecule has 1 aliphatic heterocycles. The molecule has 0 unspecified atom stereocenters. The third-order valence-corrected chi connectivity index (χ3v) is 3.24. The Morgan fingerprint density at radius 2 is 1.86 bits per heavy atom. The molecule has 0 amide bonds. The number of aliphatic hydroxyl groups is 4. The molecular weight excluding hydrogens is 208 g/mol. The van der Waals surface area contributed by atoms with E-state index in [0.717, 1.165) is 0 Å². The van der Waals surface area contributed by atoms with Crippen LogP contribution in [0.25, 0.3) is 0 Å². The van der Waals surface area contributed by atoms with Crippen molar-refractivity contribution in [2.45, 2.75) is 42.7 Å². The molecule has 0 radical (unpaired) electrons. The average molecular weight is 224 g/mol. The Balaban J connectivity index is 2.84. The third kappa shape index (κ3) is 1.91. The first-order valence-electron chi connectivity index (χ1n) is 4.51. The minimum absolute atomic E-state index is 0.359. The van der Waals surface area contributed by atoms with Gasteiger partial charge in [0.2, 0.25) is 0 Å². The van der Waals surface area contributed by atoms with Crippen molar-refractivity contribution < 1.29 is 25.2 Å². The van der Waals surface area contributed by atoms with Crippen LogP contribution in [-0.4, -0.2) is 56.4 Å². The van der Waals surface area contributed by atoms with Gasteiger partial charge in [-0.05, 0) is 6.42 Å². The number of rotatable bonds is 2. The van der Waals surface area contributed by atoms with E-state index < -0.39 is 36.0 Å². The summed E-state index contributed by atoms with van der Waals surface area (Å²) in [4.78, 5) is -1.22. The van der Waals surface area contributed by atoms with E-state index in [9.17, 15) is 15.3 Å². The van der Waals surface area contributed by atoms with Gasteiger partial charge in [-0.3, -0.25) is 0 Å². The van der Waals surface area contributed by atoms with Gasteiger partial charge in [-0.15, -0.1) is 12.6 Å². The number of ether oxygens (including phenoxy) is 1. The molecule has 6 heteroatoms. The van der Waals surface area contributed by atoms with Crippen LogP contribution < -0.4 is 0 Å². The number of hydrogen-bond donors (Lipinski definition) is 5. The fraction of sp³-hybridized carbons (Fsp3) is 1.00. The van der Waals surface area contributed by atoms with Gasteiger partial charge in [-0.1, -0.05) is 6.92 Å². The smallest absolute Gasteiger partial charge is 0.139 e. The minimum Gasteiger partial charge on any atom is -0.394 e. The van der Waals surface area contributed by atoms with Crippen LogP contribution in [0.1, 0.15) is 13.3 Å². The van der Waals surface area contributed by atoms with Crippen LogP contribution in [0.15, 0.2) is 0 Å². The molecule has 0 saturated carbocycles. The molecule has 84 valence electrons. The maximum atomic E-state index is 9.59. The van der Waals surface area contributed by atoms with Crippen molar-refractivity contribution in [3.05, 3.63) is 0 Å². The molecule has 1 rings (SSSR count). The molecule has 0 bridgehead atoms. The standard InChI is InChI=1S/C8H16O5S/c1-2-8(14)7(12)6(11)5(10)4(3-9)13-8/h4-7,9-12,14H,2-3H2,1H3/t4-,5-,6+,7-,8+/m1/s1. The highest BCUT2D eigenvalue weighted by atomic mass is 32.1. The molecule has 0 spiro atoms. The Hall–Kier alpha value is 0.150. The van der Waals surface area contributed by atoms with Crippen molar-refractivity contribution in [1.29, 1.82) is 0 Å².